The van der Waals surface area contributed by atoms with E-state index in [1.807, 2.05) is 36.4 Å². The lowest BCUT2D eigenvalue weighted by Crippen LogP contribution is -2.30. The molecule has 2 amide bonds. The van der Waals surface area contributed by atoms with Crippen molar-refractivity contribution in [3.8, 4) is 23.0 Å². The number of likely N-dealkylation sites (tertiary alicyclic amines) is 1. The van der Waals surface area contributed by atoms with Crippen LogP contribution >= 0.6 is 0 Å². The standard InChI is InChI=1S/C28H24N4O5S/c1-38(35,36)19-11-9-18(10-12-19)37-25-15-24-23(30-26(31-24)22-8-4-5-13-29-22)14-17(25)16-32-27(33)20-6-2-3-7-21(20)28(32)34/h2-5,8-15,20-21H,6-7,16H2,1H3,(H,30,31). The zero-order valence-corrected chi connectivity index (χ0v) is 21.3. The van der Waals surface area contributed by atoms with Crippen molar-refractivity contribution in [1.29, 1.82) is 0 Å². The van der Waals surface area contributed by atoms with Crippen LogP contribution in [0.1, 0.15) is 18.4 Å². The first kappa shape index (κ1) is 24.1. The largest absolute Gasteiger partial charge is 0.457 e. The van der Waals surface area contributed by atoms with E-state index in [1.165, 1.54) is 17.0 Å². The van der Waals surface area contributed by atoms with Crippen molar-refractivity contribution in [2.75, 3.05) is 6.26 Å². The van der Waals surface area contributed by atoms with Gasteiger partial charge in [-0.15, -0.1) is 0 Å². The Morgan fingerprint density at radius 2 is 1.71 bits per heavy atom. The summed E-state index contributed by atoms with van der Waals surface area (Å²) in [5, 5.41) is 0. The highest BCUT2D eigenvalue weighted by atomic mass is 32.2. The van der Waals surface area contributed by atoms with Crippen LogP contribution in [0.3, 0.4) is 0 Å². The number of allylic oxidation sites excluding steroid dienone is 2. The molecule has 2 aromatic heterocycles. The van der Waals surface area contributed by atoms with Crippen LogP contribution in [-0.4, -0.2) is 46.3 Å². The fourth-order valence-corrected chi connectivity index (χ4v) is 5.63. The van der Waals surface area contributed by atoms with Crippen molar-refractivity contribution in [3.05, 3.63) is 78.5 Å². The summed E-state index contributed by atoms with van der Waals surface area (Å²) in [5.41, 5.74) is 2.62. The number of carbonyl (C=O) groups excluding carboxylic acids is 2. The first-order chi connectivity index (χ1) is 18.3. The van der Waals surface area contributed by atoms with Gasteiger partial charge in [-0.1, -0.05) is 18.2 Å². The van der Waals surface area contributed by atoms with Crippen molar-refractivity contribution >= 4 is 32.7 Å². The monoisotopic (exact) mass is 528 g/mol. The summed E-state index contributed by atoms with van der Waals surface area (Å²) in [6.07, 6.45) is 7.87. The highest BCUT2D eigenvalue weighted by Gasteiger charge is 2.47. The van der Waals surface area contributed by atoms with Crippen molar-refractivity contribution in [2.24, 2.45) is 11.8 Å². The van der Waals surface area contributed by atoms with Crippen molar-refractivity contribution in [3.63, 3.8) is 0 Å². The molecule has 2 unspecified atom stereocenters. The first-order valence-electron chi connectivity index (χ1n) is 12.2. The van der Waals surface area contributed by atoms with Gasteiger partial charge in [-0.3, -0.25) is 19.5 Å². The number of imidazole rings is 1. The Balaban J connectivity index is 1.39. The van der Waals surface area contributed by atoms with Crippen LogP contribution in [0.5, 0.6) is 11.5 Å². The summed E-state index contributed by atoms with van der Waals surface area (Å²) in [4.78, 5) is 40.1. The molecule has 0 radical (unpaired) electrons. The number of hydrogen-bond acceptors (Lipinski definition) is 7. The van der Waals surface area contributed by atoms with Crippen LogP contribution in [0.4, 0.5) is 0 Å². The SMILES string of the molecule is CS(=O)(=O)c1ccc(Oc2cc3nc(-c4ccccn4)[nH]c3cc2CN2C(=O)C3CC=CCC3C2=O)cc1. The maximum atomic E-state index is 13.2. The number of nitrogens with one attached hydrogen (secondary N) is 1. The van der Waals surface area contributed by atoms with Gasteiger partial charge in [0.25, 0.3) is 0 Å². The molecule has 1 aliphatic carbocycles. The average Bonchev–Trinajstić information content (AvgIpc) is 3.43. The topological polar surface area (TPSA) is 122 Å². The van der Waals surface area contributed by atoms with Gasteiger partial charge in [-0.05, 0) is 55.3 Å². The third-order valence-corrected chi connectivity index (χ3v) is 8.11. The Morgan fingerprint density at radius 3 is 2.34 bits per heavy atom. The smallest absolute Gasteiger partial charge is 0.233 e. The molecule has 10 heteroatoms. The molecule has 2 aliphatic rings. The Labute approximate surface area is 219 Å². The Bertz CT molecular complexity index is 1670. The summed E-state index contributed by atoms with van der Waals surface area (Å²) in [7, 11) is -3.35. The molecule has 2 atom stereocenters. The zero-order valence-electron chi connectivity index (χ0n) is 20.5. The molecule has 1 fully saturated rings. The fraction of sp³-hybridized carbons (Fsp3) is 0.214. The number of ether oxygens (including phenoxy) is 1. The molecular weight excluding hydrogens is 504 g/mol. The minimum Gasteiger partial charge on any atom is -0.457 e. The van der Waals surface area contributed by atoms with E-state index in [1.54, 1.807) is 24.4 Å². The number of aromatic nitrogens is 3. The highest BCUT2D eigenvalue weighted by molar-refractivity contribution is 7.90. The van der Waals surface area contributed by atoms with E-state index in [4.69, 9.17) is 4.74 Å². The third-order valence-electron chi connectivity index (χ3n) is 6.98. The van der Waals surface area contributed by atoms with Gasteiger partial charge in [-0.2, -0.15) is 0 Å². The molecule has 0 bridgehead atoms. The van der Waals surface area contributed by atoms with Crippen LogP contribution < -0.4 is 4.74 Å². The fourth-order valence-electron chi connectivity index (χ4n) is 5.00. The normalized spacial score (nSPS) is 19.2. The van der Waals surface area contributed by atoms with Crippen LogP contribution in [-0.2, 0) is 26.0 Å². The number of rotatable bonds is 6. The predicted molar refractivity (Wildman–Crippen MR) is 140 cm³/mol. The maximum absolute atomic E-state index is 13.2. The number of benzene rings is 2. The number of imide groups is 1. The molecule has 2 aromatic carbocycles. The molecule has 1 saturated heterocycles. The van der Waals surface area contributed by atoms with Crippen LogP contribution in [0.25, 0.3) is 22.6 Å². The minimum absolute atomic E-state index is 0.0509. The lowest BCUT2D eigenvalue weighted by molar-refractivity contribution is -0.140. The lowest BCUT2D eigenvalue weighted by atomic mass is 9.85. The summed E-state index contributed by atoms with van der Waals surface area (Å²) in [5.74, 6) is 0.400. The zero-order chi connectivity index (χ0) is 26.4. The van der Waals surface area contributed by atoms with Crippen molar-refractivity contribution in [1.82, 2.24) is 19.9 Å². The first-order valence-corrected chi connectivity index (χ1v) is 14.1. The van der Waals surface area contributed by atoms with E-state index in [0.717, 1.165) is 6.26 Å². The van der Waals surface area contributed by atoms with Gasteiger partial charge in [0.15, 0.2) is 15.7 Å². The Morgan fingerprint density at radius 1 is 1.00 bits per heavy atom. The van der Waals surface area contributed by atoms with Crippen molar-refractivity contribution < 1.29 is 22.7 Å². The van der Waals surface area contributed by atoms with Crippen LogP contribution in [0.2, 0.25) is 0 Å². The van der Waals surface area contributed by atoms with E-state index in [9.17, 15) is 18.0 Å². The number of nitrogens with zero attached hydrogens (tertiary/aromatic N) is 3. The van der Waals surface area contributed by atoms with E-state index in [0.29, 0.717) is 52.5 Å². The minimum atomic E-state index is -3.35. The number of aromatic amines is 1. The Hall–Kier alpha value is -4.31. The van der Waals surface area contributed by atoms with Gasteiger partial charge in [0.1, 0.15) is 17.2 Å². The summed E-state index contributed by atoms with van der Waals surface area (Å²) >= 11 is 0. The molecule has 1 aliphatic heterocycles. The molecule has 6 rings (SSSR count). The summed E-state index contributed by atoms with van der Waals surface area (Å²) in [6.45, 7) is 0.0509. The highest BCUT2D eigenvalue weighted by Crippen LogP contribution is 2.38. The van der Waals surface area contributed by atoms with Crippen LogP contribution in [0.15, 0.2) is 77.8 Å². The number of H-pyrrole nitrogens is 1. The summed E-state index contributed by atoms with van der Waals surface area (Å²) < 4.78 is 29.9. The number of hydrogen-bond donors (Lipinski definition) is 1. The van der Waals surface area contributed by atoms with Crippen LogP contribution in [0, 0.1) is 11.8 Å². The van der Waals surface area contributed by atoms with E-state index >= 15 is 0 Å². The molecular formula is C28H24N4O5S. The molecule has 192 valence electrons. The quantitative estimate of drug-likeness (QED) is 0.293. The van der Waals surface area contributed by atoms with E-state index in [2.05, 4.69) is 15.0 Å². The molecule has 0 spiro atoms. The number of sulfone groups is 1. The number of pyridine rings is 1. The molecule has 38 heavy (non-hydrogen) atoms. The van der Waals surface area contributed by atoms with Gasteiger partial charge in [0, 0.05) is 24.1 Å². The van der Waals surface area contributed by atoms with Gasteiger partial charge in [0.2, 0.25) is 11.8 Å². The third kappa shape index (κ3) is 4.37. The molecule has 9 nitrogen and oxygen atoms in total. The molecule has 3 heterocycles. The second-order valence-electron chi connectivity index (χ2n) is 9.54. The predicted octanol–water partition coefficient (Wildman–Crippen LogP) is 4.27. The van der Waals surface area contributed by atoms with E-state index < -0.39 is 9.84 Å². The second-order valence-corrected chi connectivity index (χ2v) is 11.6. The van der Waals surface area contributed by atoms with Gasteiger partial charge in [0.05, 0.1) is 34.3 Å². The second kappa shape index (κ2) is 9.21. The summed E-state index contributed by atoms with van der Waals surface area (Å²) in [6, 6.07) is 15.2. The molecule has 0 saturated carbocycles. The van der Waals surface area contributed by atoms with Gasteiger partial charge >= 0.3 is 0 Å². The molecule has 4 aromatic rings. The number of amides is 2. The lowest BCUT2D eigenvalue weighted by Gasteiger charge is -2.18. The van der Waals surface area contributed by atoms with Gasteiger partial charge in [-0.25, -0.2) is 13.4 Å². The average molecular weight is 529 g/mol. The number of fused-ring (bicyclic) bond motifs is 2. The van der Waals surface area contributed by atoms with Crippen molar-refractivity contribution in [2.45, 2.75) is 24.3 Å². The van der Waals surface area contributed by atoms with E-state index in [-0.39, 0.29) is 35.1 Å². The van der Waals surface area contributed by atoms with Gasteiger partial charge < -0.3 is 9.72 Å². The Kier molecular flexibility index (Phi) is 5.83. The maximum Gasteiger partial charge on any atom is 0.233 e. The molecule has 1 N–H and O–H groups in total. The number of carbonyl (C=O) groups is 2.